The molecule has 96 valence electrons. The fourth-order valence-electron chi connectivity index (χ4n) is 1.39. The smallest absolute Gasteiger partial charge is 0.265 e. The van der Waals surface area contributed by atoms with Crippen LogP contribution >= 0.6 is 0 Å². The van der Waals surface area contributed by atoms with Crippen molar-refractivity contribution < 1.29 is 22.0 Å². The number of nitriles is 1. The Morgan fingerprint density at radius 3 is 2.35 bits per heavy atom. The van der Waals surface area contributed by atoms with Gasteiger partial charge in [-0.2, -0.15) is 32.3 Å². The van der Waals surface area contributed by atoms with Crippen molar-refractivity contribution in [3.8, 4) is 6.19 Å². The predicted molar refractivity (Wildman–Crippen MR) is 47.7 cm³/mol. The third-order valence-electron chi connectivity index (χ3n) is 2.14. The Balaban J connectivity index is 3.03. The number of hydrazone groups is 1. The van der Waals surface area contributed by atoms with E-state index in [0.29, 0.717) is 17.8 Å². The lowest BCUT2D eigenvalue weighted by Gasteiger charge is -2.33. The van der Waals surface area contributed by atoms with Crippen molar-refractivity contribution >= 4 is 6.34 Å². The lowest BCUT2D eigenvalue weighted by Crippen LogP contribution is -2.58. The Labute approximate surface area is 93.9 Å². The molecule has 0 amide bonds. The maximum absolute atomic E-state index is 13.2. The minimum Gasteiger partial charge on any atom is -0.265 e. The van der Waals surface area contributed by atoms with Crippen LogP contribution in [0.15, 0.2) is 5.10 Å². The lowest BCUT2D eigenvalue weighted by atomic mass is 10.2. The van der Waals surface area contributed by atoms with Gasteiger partial charge in [-0.25, -0.2) is 4.90 Å². The van der Waals surface area contributed by atoms with Gasteiger partial charge in [-0.1, -0.05) is 6.92 Å². The molecule has 1 heterocycles. The van der Waals surface area contributed by atoms with Crippen molar-refractivity contribution in [2.45, 2.75) is 31.6 Å². The molecule has 1 atom stereocenters. The molecular weight excluding hydrogens is 247 g/mol. The number of hydrogen-bond acceptors (Lipinski definition) is 4. The Hall–Kier alpha value is -1.59. The van der Waals surface area contributed by atoms with Gasteiger partial charge in [0, 0.05) is 6.54 Å². The zero-order chi connectivity index (χ0) is 13.3. The highest BCUT2D eigenvalue weighted by molar-refractivity contribution is 5.59. The second-order valence-electron chi connectivity index (χ2n) is 3.40. The van der Waals surface area contributed by atoms with Crippen molar-refractivity contribution in [3.05, 3.63) is 0 Å². The molecule has 0 saturated heterocycles. The Morgan fingerprint density at radius 2 is 1.94 bits per heavy atom. The van der Waals surface area contributed by atoms with Crippen LogP contribution in [0.25, 0.3) is 0 Å². The van der Waals surface area contributed by atoms with Gasteiger partial charge in [0.15, 0.2) is 6.19 Å². The van der Waals surface area contributed by atoms with Gasteiger partial charge in [-0.15, -0.1) is 0 Å². The first-order chi connectivity index (χ1) is 7.75. The SMILES string of the molecule is CCCN1N=CN(C#N)C1C(F)(F)C(F)(F)F. The molecule has 0 N–H and O–H groups in total. The maximum atomic E-state index is 13.2. The van der Waals surface area contributed by atoms with E-state index >= 15 is 0 Å². The largest absolute Gasteiger partial charge is 0.457 e. The van der Waals surface area contributed by atoms with E-state index in [-0.39, 0.29) is 11.4 Å². The number of alkyl halides is 5. The van der Waals surface area contributed by atoms with Gasteiger partial charge >= 0.3 is 12.1 Å². The molecule has 0 aromatic heterocycles. The van der Waals surface area contributed by atoms with Crippen LogP contribution < -0.4 is 0 Å². The summed E-state index contributed by atoms with van der Waals surface area (Å²) in [5.74, 6) is -5.03. The molecule has 1 aliphatic rings. The van der Waals surface area contributed by atoms with Crippen LogP contribution in [-0.4, -0.2) is 41.1 Å². The Bertz CT molecular complexity index is 345. The zero-order valence-electron chi connectivity index (χ0n) is 8.75. The summed E-state index contributed by atoms with van der Waals surface area (Å²) < 4.78 is 63.1. The molecule has 0 aromatic rings. The molecule has 17 heavy (non-hydrogen) atoms. The molecule has 0 spiro atoms. The normalized spacial score (nSPS) is 20.9. The summed E-state index contributed by atoms with van der Waals surface area (Å²) in [5, 5.41) is 12.4. The fourth-order valence-corrected chi connectivity index (χ4v) is 1.39. The summed E-state index contributed by atoms with van der Waals surface area (Å²) in [6.45, 7) is 1.51. The molecule has 0 aromatic carbocycles. The van der Waals surface area contributed by atoms with Crippen molar-refractivity contribution in [1.29, 1.82) is 5.26 Å². The summed E-state index contributed by atoms with van der Waals surface area (Å²) in [6, 6.07) is 0. The first-order valence-corrected chi connectivity index (χ1v) is 4.69. The van der Waals surface area contributed by atoms with Gasteiger partial charge in [-0.05, 0) is 6.42 Å². The molecule has 0 saturated carbocycles. The third kappa shape index (κ3) is 2.25. The van der Waals surface area contributed by atoms with Crippen molar-refractivity contribution in [1.82, 2.24) is 9.91 Å². The van der Waals surface area contributed by atoms with Crippen molar-refractivity contribution in [2.24, 2.45) is 5.10 Å². The molecular formula is C8H9F5N4. The summed E-state index contributed by atoms with van der Waals surface area (Å²) in [4.78, 5) is 0.198. The van der Waals surface area contributed by atoms with E-state index in [2.05, 4.69) is 5.10 Å². The summed E-state index contributed by atoms with van der Waals surface area (Å²) >= 11 is 0. The molecule has 1 aliphatic heterocycles. The minimum absolute atomic E-state index is 0.0922. The number of rotatable bonds is 3. The monoisotopic (exact) mass is 256 g/mol. The average Bonchev–Trinajstić information content (AvgIpc) is 2.60. The molecule has 1 unspecified atom stereocenters. The van der Waals surface area contributed by atoms with Crippen LogP contribution in [0.1, 0.15) is 13.3 Å². The van der Waals surface area contributed by atoms with Crippen LogP contribution in [0.3, 0.4) is 0 Å². The predicted octanol–water partition coefficient (Wildman–Crippen LogP) is 1.96. The van der Waals surface area contributed by atoms with Gasteiger partial charge < -0.3 is 0 Å². The van der Waals surface area contributed by atoms with E-state index in [9.17, 15) is 22.0 Å². The minimum atomic E-state index is -5.73. The molecule has 9 heteroatoms. The number of nitrogens with zero attached hydrogens (tertiary/aromatic N) is 4. The second kappa shape index (κ2) is 4.35. The van der Waals surface area contributed by atoms with Crippen LogP contribution in [-0.2, 0) is 0 Å². The first-order valence-electron chi connectivity index (χ1n) is 4.69. The molecule has 0 bridgehead atoms. The quantitative estimate of drug-likeness (QED) is 0.572. The van der Waals surface area contributed by atoms with Crippen LogP contribution in [0.5, 0.6) is 0 Å². The van der Waals surface area contributed by atoms with E-state index in [4.69, 9.17) is 5.26 Å². The molecule has 0 fully saturated rings. The molecule has 4 nitrogen and oxygen atoms in total. The topological polar surface area (TPSA) is 42.6 Å². The summed E-state index contributed by atoms with van der Waals surface area (Å²) in [7, 11) is 0. The second-order valence-corrected chi connectivity index (χ2v) is 3.40. The fraction of sp³-hybridized carbons (Fsp3) is 0.750. The molecule has 0 radical (unpaired) electrons. The van der Waals surface area contributed by atoms with E-state index < -0.39 is 18.3 Å². The number of hydrogen-bond donors (Lipinski definition) is 0. The van der Waals surface area contributed by atoms with Gasteiger partial charge in [-0.3, -0.25) is 5.01 Å². The zero-order valence-corrected chi connectivity index (χ0v) is 8.75. The highest BCUT2D eigenvalue weighted by Gasteiger charge is 2.67. The van der Waals surface area contributed by atoms with Crippen molar-refractivity contribution in [2.75, 3.05) is 6.54 Å². The standard InChI is InChI=1S/C8H9F5N4/c1-2-3-17-6(16(4-14)5-15-17)7(9,10)8(11,12)13/h5-6H,2-3H2,1H3. The average molecular weight is 256 g/mol. The highest BCUT2D eigenvalue weighted by atomic mass is 19.4. The maximum Gasteiger partial charge on any atom is 0.457 e. The van der Waals surface area contributed by atoms with Crippen LogP contribution in [0.4, 0.5) is 22.0 Å². The van der Waals surface area contributed by atoms with Gasteiger partial charge in [0.05, 0.1) is 0 Å². The lowest BCUT2D eigenvalue weighted by molar-refractivity contribution is -0.311. The van der Waals surface area contributed by atoms with Crippen LogP contribution in [0, 0.1) is 11.5 Å². The Morgan fingerprint density at radius 1 is 1.35 bits per heavy atom. The molecule has 1 rings (SSSR count). The Kier molecular flexibility index (Phi) is 3.45. The van der Waals surface area contributed by atoms with Gasteiger partial charge in [0.1, 0.15) is 6.34 Å². The highest BCUT2D eigenvalue weighted by Crippen LogP contribution is 2.42. The third-order valence-corrected chi connectivity index (χ3v) is 2.14. The summed E-state index contributed by atoms with van der Waals surface area (Å²) in [6.07, 6.45) is -5.92. The molecule has 0 aliphatic carbocycles. The van der Waals surface area contributed by atoms with Gasteiger partial charge in [0.25, 0.3) is 0 Å². The van der Waals surface area contributed by atoms with Crippen LogP contribution in [0.2, 0.25) is 0 Å². The summed E-state index contributed by atoms with van der Waals surface area (Å²) in [5.41, 5.74) is 0. The van der Waals surface area contributed by atoms with Crippen molar-refractivity contribution in [3.63, 3.8) is 0 Å². The number of halogens is 5. The van der Waals surface area contributed by atoms with E-state index in [1.807, 2.05) is 0 Å². The van der Waals surface area contributed by atoms with E-state index in [1.165, 1.54) is 6.19 Å². The van der Waals surface area contributed by atoms with E-state index in [1.54, 1.807) is 6.92 Å². The van der Waals surface area contributed by atoms with E-state index in [0.717, 1.165) is 0 Å². The van der Waals surface area contributed by atoms with Gasteiger partial charge in [0.2, 0.25) is 6.17 Å². The first kappa shape index (κ1) is 13.5.